The van der Waals surface area contributed by atoms with Gasteiger partial charge in [-0.15, -0.1) is 0 Å². The third-order valence-corrected chi connectivity index (χ3v) is 3.71. The summed E-state index contributed by atoms with van der Waals surface area (Å²) in [5.74, 6) is 0.930. The minimum atomic E-state index is 0.209. The number of amides is 1. The maximum Gasteiger partial charge on any atom is 0.228 e. The van der Waals surface area contributed by atoms with Crippen LogP contribution >= 0.6 is 0 Å². The molecule has 1 aliphatic heterocycles. The van der Waals surface area contributed by atoms with Crippen molar-refractivity contribution in [1.29, 1.82) is 0 Å². The molecule has 0 unspecified atom stereocenters. The zero-order chi connectivity index (χ0) is 13.5. The van der Waals surface area contributed by atoms with Crippen LogP contribution < -0.4 is 5.32 Å². The van der Waals surface area contributed by atoms with Crippen LogP contribution in [-0.2, 0) is 11.2 Å². The number of hydrogen-bond donors (Lipinski definition) is 1. The number of piperidine rings is 1. The number of pyridine rings is 1. The van der Waals surface area contributed by atoms with Gasteiger partial charge in [0.05, 0.1) is 6.42 Å². The van der Waals surface area contributed by atoms with E-state index in [9.17, 15) is 4.79 Å². The number of hydrogen-bond acceptors (Lipinski definition) is 3. The van der Waals surface area contributed by atoms with Gasteiger partial charge in [0.1, 0.15) is 0 Å². The maximum atomic E-state index is 12.2. The summed E-state index contributed by atoms with van der Waals surface area (Å²) in [6.45, 7) is 6.02. The van der Waals surface area contributed by atoms with Gasteiger partial charge >= 0.3 is 0 Å². The fourth-order valence-corrected chi connectivity index (χ4v) is 2.50. The van der Waals surface area contributed by atoms with E-state index in [1.807, 2.05) is 23.1 Å². The number of likely N-dealkylation sites (tertiary alicyclic amines) is 1. The maximum absolute atomic E-state index is 12.2. The molecular weight excluding hydrogens is 238 g/mol. The van der Waals surface area contributed by atoms with Crippen molar-refractivity contribution in [2.24, 2.45) is 5.92 Å². The lowest BCUT2D eigenvalue weighted by Crippen LogP contribution is -2.41. The molecule has 1 fully saturated rings. The molecule has 1 aromatic heterocycles. The third kappa shape index (κ3) is 4.31. The molecular formula is C15H23N3O. The Morgan fingerprint density at radius 2 is 2.21 bits per heavy atom. The van der Waals surface area contributed by atoms with Gasteiger partial charge in [-0.05, 0) is 44.0 Å². The summed E-state index contributed by atoms with van der Waals surface area (Å²) < 4.78 is 0. The topological polar surface area (TPSA) is 45.2 Å². The number of rotatable bonds is 5. The molecule has 2 rings (SSSR count). The van der Waals surface area contributed by atoms with Gasteiger partial charge in [-0.2, -0.15) is 0 Å². The average molecular weight is 261 g/mol. The number of nitrogens with one attached hydrogen (secondary N) is 1. The van der Waals surface area contributed by atoms with Crippen LogP contribution in [0.1, 0.15) is 25.5 Å². The van der Waals surface area contributed by atoms with E-state index >= 15 is 0 Å². The summed E-state index contributed by atoms with van der Waals surface area (Å²) in [6.07, 6.45) is 4.39. The van der Waals surface area contributed by atoms with E-state index in [0.29, 0.717) is 6.42 Å². The molecule has 1 amide bonds. The van der Waals surface area contributed by atoms with Crippen molar-refractivity contribution < 1.29 is 4.79 Å². The smallest absolute Gasteiger partial charge is 0.228 e. The summed E-state index contributed by atoms with van der Waals surface area (Å²) in [7, 11) is 0. The van der Waals surface area contributed by atoms with E-state index in [-0.39, 0.29) is 5.91 Å². The highest BCUT2D eigenvalue weighted by Gasteiger charge is 2.22. The Kier molecular flexibility index (Phi) is 5.33. The Labute approximate surface area is 115 Å². The molecule has 19 heavy (non-hydrogen) atoms. The Morgan fingerprint density at radius 3 is 2.84 bits per heavy atom. The predicted octanol–water partition coefficient (Wildman–Crippen LogP) is 1.47. The number of carbonyl (C=O) groups is 1. The van der Waals surface area contributed by atoms with Crippen molar-refractivity contribution in [3.8, 4) is 0 Å². The quantitative estimate of drug-likeness (QED) is 0.873. The largest absolute Gasteiger partial charge is 0.342 e. The number of nitrogens with zero attached hydrogens (tertiary/aromatic N) is 2. The van der Waals surface area contributed by atoms with Gasteiger partial charge in [-0.3, -0.25) is 9.78 Å². The molecule has 0 saturated carbocycles. The molecule has 2 heterocycles. The van der Waals surface area contributed by atoms with Crippen molar-refractivity contribution in [2.75, 3.05) is 26.2 Å². The summed E-state index contributed by atoms with van der Waals surface area (Å²) in [5.41, 5.74) is 0.863. The SMILES string of the molecule is CCNCC1CCN(C(=O)Cc2ccccn2)CC1. The second-order valence-electron chi connectivity index (χ2n) is 5.13. The fraction of sp³-hybridized carbons (Fsp3) is 0.600. The van der Waals surface area contributed by atoms with Crippen molar-refractivity contribution in [1.82, 2.24) is 15.2 Å². The van der Waals surface area contributed by atoms with Gasteiger partial charge < -0.3 is 10.2 Å². The van der Waals surface area contributed by atoms with Gasteiger partial charge in [0.25, 0.3) is 0 Å². The second kappa shape index (κ2) is 7.24. The first-order valence-electron chi connectivity index (χ1n) is 7.18. The lowest BCUT2D eigenvalue weighted by molar-refractivity contribution is -0.131. The molecule has 104 valence electrons. The monoisotopic (exact) mass is 261 g/mol. The molecule has 1 saturated heterocycles. The Bertz CT molecular complexity index is 386. The minimum absolute atomic E-state index is 0.209. The third-order valence-electron chi connectivity index (χ3n) is 3.71. The van der Waals surface area contributed by atoms with Gasteiger partial charge in [0.15, 0.2) is 0 Å². The Morgan fingerprint density at radius 1 is 1.42 bits per heavy atom. The van der Waals surface area contributed by atoms with Gasteiger partial charge in [-0.25, -0.2) is 0 Å². The van der Waals surface area contributed by atoms with Crippen molar-refractivity contribution in [3.05, 3.63) is 30.1 Å². The second-order valence-corrected chi connectivity index (χ2v) is 5.13. The van der Waals surface area contributed by atoms with E-state index in [2.05, 4.69) is 17.2 Å². The average Bonchev–Trinajstić information content (AvgIpc) is 2.46. The Balaban J connectivity index is 1.76. The highest BCUT2D eigenvalue weighted by atomic mass is 16.2. The van der Waals surface area contributed by atoms with Crippen LogP contribution in [0.5, 0.6) is 0 Å². The van der Waals surface area contributed by atoms with E-state index in [0.717, 1.165) is 50.6 Å². The molecule has 1 N–H and O–H groups in total. The highest BCUT2D eigenvalue weighted by Crippen LogP contribution is 2.17. The molecule has 0 spiro atoms. The van der Waals surface area contributed by atoms with Gasteiger partial charge in [0, 0.05) is 25.0 Å². The first kappa shape index (κ1) is 14.0. The van der Waals surface area contributed by atoms with Crippen molar-refractivity contribution in [2.45, 2.75) is 26.2 Å². The zero-order valence-corrected chi connectivity index (χ0v) is 11.6. The lowest BCUT2D eigenvalue weighted by Gasteiger charge is -2.32. The van der Waals surface area contributed by atoms with Crippen molar-refractivity contribution >= 4 is 5.91 Å². The molecule has 0 aliphatic carbocycles. The summed E-state index contributed by atoms with van der Waals surface area (Å²) in [5, 5.41) is 3.39. The molecule has 4 heteroatoms. The van der Waals surface area contributed by atoms with E-state index in [1.165, 1.54) is 0 Å². The van der Waals surface area contributed by atoms with Crippen LogP contribution in [0.25, 0.3) is 0 Å². The van der Waals surface area contributed by atoms with Crippen LogP contribution in [0.4, 0.5) is 0 Å². The standard InChI is InChI=1S/C15H23N3O/c1-2-16-12-13-6-9-18(10-7-13)15(19)11-14-5-3-4-8-17-14/h3-5,8,13,16H,2,6-7,9-12H2,1H3. The molecule has 1 aliphatic rings. The van der Waals surface area contributed by atoms with Crippen molar-refractivity contribution in [3.63, 3.8) is 0 Å². The lowest BCUT2D eigenvalue weighted by atomic mass is 9.96. The summed E-state index contributed by atoms with van der Waals surface area (Å²) in [6, 6.07) is 5.72. The van der Waals surface area contributed by atoms with E-state index in [4.69, 9.17) is 0 Å². The molecule has 0 atom stereocenters. The molecule has 0 radical (unpaired) electrons. The molecule has 0 bridgehead atoms. The molecule has 4 nitrogen and oxygen atoms in total. The first-order valence-corrected chi connectivity index (χ1v) is 7.18. The Hall–Kier alpha value is -1.42. The van der Waals surface area contributed by atoms with E-state index < -0.39 is 0 Å². The number of carbonyl (C=O) groups excluding carboxylic acids is 1. The van der Waals surface area contributed by atoms with Crippen LogP contribution in [-0.4, -0.2) is 42.0 Å². The zero-order valence-electron chi connectivity index (χ0n) is 11.6. The minimum Gasteiger partial charge on any atom is -0.342 e. The van der Waals surface area contributed by atoms with Crippen LogP contribution in [0.3, 0.4) is 0 Å². The first-order chi connectivity index (χ1) is 9.29. The van der Waals surface area contributed by atoms with Crippen LogP contribution in [0, 0.1) is 5.92 Å². The number of aromatic nitrogens is 1. The summed E-state index contributed by atoms with van der Waals surface area (Å²) in [4.78, 5) is 18.4. The normalized spacial score (nSPS) is 16.6. The highest BCUT2D eigenvalue weighted by molar-refractivity contribution is 5.78. The van der Waals surface area contributed by atoms with E-state index in [1.54, 1.807) is 6.20 Å². The fourth-order valence-electron chi connectivity index (χ4n) is 2.50. The van der Waals surface area contributed by atoms with Gasteiger partial charge in [-0.1, -0.05) is 13.0 Å². The van der Waals surface area contributed by atoms with Crippen LogP contribution in [0.15, 0.2) is 24.4 Å². The predicted molar refractivity (Wildman–Crippen MR) is 75.8 cm³/mol. The molecule has 1 aromatic rings. The molecule has 0 aromatic carbocycles. The van der Waals surface area contributed by atoms with Crippen LogP contribution in [0.2, 0.25) is 0 Å². The summed E-state index contributed by atoms with van der Waals surface area (Å²) >= 11 is 0. The van der Waals surface area contributed by atoms with Gasteiger partial charge in [0.2, 0.25) is 5.91 Å².